The molecule has 2 rings (SSSR count). The number of H-pyrrole nitrogens is 1. The second-order valence-electron chi connectivity index (χ2n) is 8.82. The van der Waals surface area contributed by atoms with Gasteiger partial charge in [-0.3, -0.25) is 14.4 Å². The van der Waals surface area contributed by atoms with Crippen molar-refractivity contribution in [2.75, 3.05) is 18.6 Å². The minimum atomic E-state index is -1.14. The lowest BCUT2D eigenvalue weighted by molar-refractivity contribution is -0.141. The zero-order valence-corrected chi connectivity index (χ0v) is 21.1. The van der Waals surface area contributed by atoms with Gasteiger partial charge in [0.05, 0.1) is 12.6 Å². The average Bonchev–Trinajstić information content (AvgIpc) is 3.21. The Kier molecular flexibility index (Phi) is 11.1. The molecule has 0 aliphatic rings. The van der Waals surface area contributed by atoms with Crippen LogP contribution in [-0.2, 0) is 25.6 Å². The van der Waals surface area contributed by atoms with E-state index in [1.54, 1.807) is 6.20 Å². The van der Waals surface area contributed by atoms with Crippen molar-refractivity contribution >= 4 is 46.4 Å². The number of para-hydroxylation sites is 1. The molecule has 0 spiro atoms. The van der Waals surface area contributed by atoms with Gasteiger partial charge in [-0.25, -0.2) is 4.79 Å². The van der Waals surface area contributed by atoms with E-state index in [1.807, 2.05) is 44.4 Å². The van der Waals surface area contributed by atoms with E-state index in [0.717, 1.165) is 16.5 Å². The first-order chi connectivity index (χ1) is 16.6. The van der Waals surface area contributed by atoms with E-state index in [2.05, 4.69) is 20.9 Å². The molecule has 1 aromatic heterocycles. The quantitative estimate of drug-likeness (QED) is 0.223. The molecule has 1 aromatic carbocycles. The van der Waals surface area contributed by atoms with E-state index < -0.39 is 48.4 Å². The number of carbonyl (C=O) groups excluding carboxylic acids is 3. The van der Waals surface area contributed by atoms with Gasteiger partial charge in [0.25, 0.3) is 0 Å². The Morgan fingerprint density at radius 2 is 1.80 bits per heavy atom. The van der Waals surface area contributed by atoms with Crippen LogP contribution in [0.4, 0.5) is 0 Å². The zero-order chi connectivity index (χ0) is 26.0. The van der Waals surface area contributed by atoms with Crippen molar-refractivity contribution in [3.8, 4) is 0 Å². The fraction of sp³-hybridized carbons (Fsp3) is 0.500. The maximum Gasteiger partial charge on any atom is 0.326 e. The molecule has 3 atom stereocenters. The van der Waals surface area contributed by atoms with Gasteiger partial charge in [0, 0.05) is 23.5 Å². The van der Waals surface area contributed by atoms with Crippen molar-refractivity contribution in [3.63, 3.8) is 0 Å². The highest BCUT2D eigenvalue weighted by Crippen LogP contribution is 2.19. The van der Waals surface area contributed by atoms with Crippen LogP contribution in [0.5, 0.6) is 0 Å². The number of carboxylic acid groups (broad SMARTS) is 1. The molecule has 0 bridgehead atoms. The van der Waals surface area contributed by atoms with Crippen molar-refractivity contribution in [2.24, 2.45) is 11.7 Å². The van der Waals surface area contributed by atoms with Crippen LogP contribution in [0.2, 0.25) is 0 Å². The number of nitrogens with two attached hydrogens (primary N) is 1. The van der Waals surface area contributed by atoms with Crippen LogP contribution in [0.1, 0.15) is 32.3 Å². The monoisotopic (exact) mass is 505 g/mol. The van der Waals surface area contributed by atoms with E-state index in [1.165, 1.54) is 11.8 Å². The Morgan fingerprint density at radius 3 is 2.46 bits per heavy atom. The number of aromatic amines is 1. The number of rotatable bonds is 14. The highest BCUT2D eigenvalue weighted by molar-refractivity contribution is 7.98. The third-order valence-electron chi connectivity index (χ3n) is 5.46. The van der Waals surface area contributed by atoms with Crippen LogP contribution >= 0.6 is 11.8 Å². The maximum atomic E-state index is 13.0. The molecule has 11 heteroatoms. The van der Waals surface area contributed by atoms with Gasteiger partial charge in [-0.15, -0.1) is 0 Å². The van der Waals surface area contributed by atoms with Crippen molar-refractivity contribution in [1.82, 2.24) is 20.9 Å². The van der Waals surface area contributed by atoms with Crippen molar-refractivity contribution in [2.45, 2.75) is 51.2 Å². The smallest absolute Gasteiger partial charge is 0.326 e. The van der Waals surface area contributed by atoms with E-state index in [0.29, 0.717) is 12.2 Å². The van der Waals surface area contributed by atoms with Gasteiger partial charge < -0.3 is 31.8 Å². The number of aromatic nitrogens is 1. The first-order valence-corrected chi connectivity index (χ1v) is 12.9. The summed E-state index contributed by atoms with van der Waals surface area (Å²) < 4.78 is 0. The first-order valence-electron chi connectivity index (χ1n) is 11.5. The van der Waals surface area contributed by atoms with Crippen molar-refractivity contribution in [3.05, 3.63) is 36.0 Å². The summed E-state index contributed by atoms with van der Waals surface area (Å²) in [6.07, 6.45) is 4.53. The minimum absolute atomic E-state index is 0.184. The molecule has 0 aliphatic carbocycles. The summed E-state index contributed by atoms with van der Waals surface area (Å²) in [7, 11) is 0. The minimum Gasteiger partial charge on any atom is -0.480 e. The van der Waals surface area contributed by atoms with E-state index in [4.69, 9.17) is 5.73 Å². The summed E-state index contributed by atoms with van der Waals surface area (Å²) in [6, 6.07) is 4.81. The van der Waals surface area contributed by atoms with Crippen LogP contribution in [0.3, 0.4) is 0 Å². The molecule has 35 heavy (non-hydrogen) atoms. The zero-order valence-electron chi connectivity index (χ0n) is 20.3. The molecule has 0 aliphatic heterocycles. The van der Waals surface area contributed by atoms with E-state index in [9.17, 15) is 24.3 Å². The number of hydrogen-bond donors (Lipinski definition) is 6. The topological polar surface area (TPSA) is 166 Å². The molecule has 7 N–H and O–H groups in total. The van der Waals surface area contributed by atoms with Crippen molar-refractivity contribution in [1.29, 1.82) is 0 Å². The number of benzene rings is 1. The molecule has 10 nitrogen and oxygen atoms in total. The number of hydrogen-bond acceptors (Lipinski definition) is 6. The molecule has 0 fully saturated rings. The third kappa shape index (κ3) is 8.91. The number of carbonyl (C=O) groups is 4. The van der Waals surface area contributed by atoms with Gasteiger partial charge in [-0.05, 0) is 42.4 Å². The van der Waals surface area contributed by atoms with Gasteiger partial charge in [-0.1, -0.05) is 32.0 Å². The van der Waals surface area contributed by atoms with Gasteiger partial charge >= 0.3 is 5.97 Å². The predicted molar refractivity (Wildman–Crippen MR) is 137 cm³/mol. The average molecular weight is 506 g/mol. The highest BCUT2D eigenvalue weighted by Gasteiger charge is 2.26. The highest BCUT2D eigenvalue weighted by atomic mass is 32.2. The van der Waals surface area contributed by atoms with Gasteiger partial charge in [0.15, 0.2) is 0 Å². The number of amides is 3. The number of fused-ring (bicyclic) bond motifs is 1. The Balaban J connectivity index is 2.09. The summed E-state index contributed by atoms with van der Waals surface area (Å²) in [4.78, 5) is 52.5. The fourth-order valence-electron chi connectivity index (χ4n) is 3.65. The Bertz CT molecular complexity index is 1020. The second kappa shape index (κ2) is 13.7. The molecule has 0 saturated carbocycles. The number of thioether (sulfide) groups is 1. The van der Waals surface area contributed by atoms with Crippen LogP contribution in [0, 0.1) is 5.92 Å². The van der Waals surface area contributed by atoms with Gasteiger partial charge in [0.2, 0.25) is 17.7 Å². The molecule has 3 unspecified atom stereocenters. The summed E-state index contributed by atoms with van der Waals surface area (Å²) in [5, 5.41) is 17.9. The Morgan fingerprint density at radius 1 is 1.09 bits per heavy atom. The Labute approximate surface area is 209 Å². The van der Waals surface area contributed by atoms with Crippen LogP contribution < -0.4 is 21.7 Å². The van der Waals surface area contributed by atoms with Crippen LogP contribution in [-0.4, -0.2) is 70.5 Å². The first kappa shape index (κ1) is 28.2. The molecular formula is C24H35N5O5S. The van der Waals surface area contributed by atoms with Gasteiger partial charge in [-0.2, -0.15) is 11.8 Å². The predicted octanol–water partition coefficient (Wildman–Crippen LogP) is 1.01. The second-order valence-corrected chi connectivity index (χ2v) is 9.80. The van der Waals surface area contributed by atoms with Crippen LogP contribution in [0.15, 0.2) is 30.5 Å². The SMILES string of the molecule is CSCCC(NC(=O)CNC(=O)C(Cc1c[nH]c2ccccc12)NC(=O)C(N)CC(C)C)C(=O)O. The summed E-state index contributed by atoms with van der Waals surface area (Å²) in [6.45, 7) is 3.48. The van der Waals surface area contributed by atoms with E-state index in [-0.39, 0.29) is 18.8 Å². The van der Waals surface area contributed by atoms with Crippen molar-refractivity contribution < 1.29 is 24.3 Å². The Hall–Kier alpha value is -3.05. The lowest BCUT2D eigenvalue weighted by atomic mass is 10.0. The normalized spacial score (nSPS) is 13.7. The maximum absolute atomic E-state index is 13.0. The number of aliphatic carboxylic acids is 1. The van der Waals surface area contributed by atoms with E-state index >= 15 is 0 Å². The lowest BCUT2D eigenvalue weighted by Gasteiger charge is -2.21. The third-order valence-corrected chi connectivity index (χ3v) is 6.11. The number of carboxylic acids is 1. The molecule has 0 radical (unpaired) electrons. The molecule has 192 valence electrons. The molecule has 0 saturated heterocycles. The van der Waals surface area contributed by atoms with Gasteiger partial charge in [0.1, 0.15) is 12.1 Å². The summed E-state index contributed by atoms with van der Waals surface area (Å²) >= 11 is 1.47. The molecule has 3 amide bonds. The molecule has 1 heterocycles. The summed E-state index contributed by atoms with van der Waals surface area (Å²) in [5.74, 6) is -2.01. The lowest BCUT2D eigenvalue weighted by Crippen LogP contribution is -2.54. The van der Waals surface area contributed by atoms with Crippen LogP contribution in [0.25, 0.3) is 10.9 Å². The fourth-order valence-corrected chi connectivity index (χ4v) is 4.12. The molecular weight excluding hydrogens is 470 g/mol. The largest absolute Gasteiger partial charge is 0.480 e. The number of nitrogens with one attached hydrogen (secondary N) is 4. The standard InChI is InChI=1S/C24H35N5O5S/c1-14(2)10-17(25)22(31)29-20(11-15-12-26-18-7-5-4-6-16(15)18)23(32)27-13-21(30)28-19(24(33)34)8-9-35-3/h4-7,12,14,17,19-20,26H,8-11,13,25H2,1-3H3,(H,27,32)(H,28,30)(H,29,31)(H,33,34). The molecule has 2 aromatic rings. The summed E-state index contributed by atoms with van der Waals surface area (Å²) in [5.41, 5.74) is 7.73.